The number of para-hydroxylation sites is 1. The molecule has 2 rings (SSSR count). The first-order valence-corrected chi connectivity index (χ1v) is 5.96. The molecular formula is C15H13FN2O2. The van der Waals surface area contributed by atoms with E-state index < -0.39 is 11.7 Å². The van der Waals surface area contributed by atoms with E-state index in [1.807, 2.05) is 0 Å². The van der Waals surface area contributed by atoms with Crippen molar-refractivity contribution in [2.45, 2.75) is 6.92 Å². The first kappa shape index (κ1) is 13.7. The van der Waals surface area contributed by atoms with Crippen LogP contribution >= 0.6 is 0 Å². The van der Waals surface area contributed by atoms with Gasteiger partial charge in [-0.05, 0) is 37.3 Å². The number of aromatic hydroxyl groups is 1. The van der Waals surface area contributed by atoms with Crippen LogP contribution in [0.3, 0.4) is 0 Å². The van der Waals surface area contributed by atoms with E-state index in [9.17, 15) is 14.3 Å². The summed E-state index contributed by atoms with van der Waals surface area (Å²) in [5, 5.41) is 13.6. The molecule has 0 saturated heterocycles. The fourth-order valence-electron chi connectivity index (χ4n) is 1.67. The summed E-state index contributed by atoms with van der Waals surface area (Å²) in [6.07, 6.45) is 0. The largest absolute Gasteiger partial charge is 0.507 e. The number of rotatable bonds is 3. The minimum absolute atomic E-state index is 0.0776. The van der Waals surface area contributed by atoms with Crippen LogP contribution in [0.2, 0.25) is 0 Å². The lowest BCUT2D eigenvalue weighted by Gasteiger charge is -2.04. The maximum atomic E-state index is 13.0. The van der Waals surface area contributed by atoms with E-state index in [4.69, 9.17) is 0 Å². The minimum Gasteiger partial charge on any atom is -0.507 e. The van der Waals surface area contributed by atoms with Crippen LogP contribution in [0.4, 0.5) is 4.39 Å². The van der Waals surface area contributed by atoms with Gasteiger partial charge < -0.3 is 5.11 Å². The van der Waals surface area contributed by atoms with Gasteiger partial charge in [0.15, 0.2) is 0 Å². The lowest BCUT2D eigenvalue weighted by atomic mass is 10.1. The Balaban J connectivity index is 2.13. The number of nitrogens with one attached hydrogen (secondary N) is 1. The van der Waals surface area contributed by atoms with Gasteiger partial charge in [0.2, 0.25) is 0 Å². The van der Waals surface area contributed by atoms with Crippen molar-refractivity contribution in [1.82, 2.24) is 5.43 Å². The van der Waals surface area contributed by atoms with Crippen molar-refractivity contribution in [1.29, 1.82) is 0 Å². The number of amides is 1. The van der Waals surface area contributed by atoms with Crippen molar-refractivity contribution >= 4 is 11.6 Å². The van der Waals surface area contributed by atoms with Crippen molar-refractivity contribution < 1.29 is 14.3 Å². The highest BCUT2D eigenvalue weighted by Gasteiger charge is 2.07. The molecule has 0 aliphatic carbocycles. The molecule has 0 atom stereocenters. The molecule has 0 spiro atoms. The molecule has 102 valence electrons. The second-order valence-corrected chi connectivity index (χ2v) is 4.17. The quantitative estimate of drug-likeness (QED) is 0.666. The lowest BCUT2D eigenvalue weighted by molar-refractivity contribution is 0.0954. The van der Waals surface area contributed by atoms with Crippen LogP contribution in [0.25, 0.3) is 0 Å². The van der Waals surface area contributed by atoms with Gasteiger partial charge >= 0.3 is 0 Å². The Morgan fingerprint density at radius 1 is 1.20 bits per heavy atom. The summed E-state index contributed by atoms with van der Waals surface area (Å²) in [5.41, 5.74) is 3.47. The Kier molecular flexibility index (Phi) is 4.10. The SMILES string of the molecule is C/C(=N\NC(=O)c1cccc(F)c1)c1ccccc1O. The van der Waals surface area contributed by atoms with E-state index in [1.54, 1.807) is 25.1 Å². The van der Waals surface area contributed by atoms with Crippen molar-refractivity contribution in [3.8, 4) is 5.75 Å². The van der Waals surface area contributed by atoms with E-state index in [0.717, 1.165) is 6.07 Å². The molecule has 2 aromatic rings. The fourth-order valence-corrected chi connectivity index (χ4v) is 1.67. The van der Waals surface area contributed by atoms with Crippen molar-refractivity contribution in [3.05, 3.63) is 65.5 Å². The monoisotopic (exact) mass is 272 g/mol. The molecule has 1 amide bonds. The number of benzene rings is 2. The molecule has 0 aliphatic rings. The fraction of sp³-hybridized carbons (Fsp3) is 0.0667. The van der Waals surface area contributed by atoms with Crippen LogP contribution in [0.15, 0.2) is 53.6 Å². The van der Waals surface area contributed by atoms with E-state index in [-0.39, 0.29) is 11.3 Å². The molecular weight excluding hydrogens is 259 g/mol. The van der Waals surface area contributed by atoms with Crippen LogP contribution in [-0.4, -0.2) is 16.7 Å². The Morgan fingerprint density at radius 3 is 2.65 bits per heavy atom. The normalized spacial score (nSPS) is 11.2. The summed E-state index contributed by atoms with van der Waals surface area (Å²) < 4.78 is 13.0. The van der Waals surface area contributed by atoms with Crippen LogP contribution in [0, 0.1) is 5.82 Å². The van der Waals surface area contributed by atoms with Crippen LogP contribution in [0.5, 0.6) is 5.75 Å². The van der Waals surface area contributed by atoms with Crippen molar-refractivity contribution in [3.63, 3.8) is 0 Å². The molecule has 0 unspecified atom stereocenters. The number of hydrogen-bond acceptors (Lipinski definition) is 3. The summed E-state index contributed by atoms with van der Waals surface area (Å²) in [7, 11) is 0. The standard InChI is InChI=1S/C15H13FN2O2/c1-10(13-7-2-3-8-14(13)19)17-18-15(20)11-5-4-6-12(16)9-11/h2-9,19H,1H3,(H,18,20)/b17-10+. The summed E-state index contributed by atoms with van der Waals surface area (Å²) in [6, 6.07) is 12.0. The smallest absolute Gasteiger partial charge is 0.271 e. The number of carbonyl (C=O) groups is 1. The molecule has 2 aromatic carbocycles. The Morgan fingerprint density at radius 2 is 1.95 bits per heavy atom. The third-order valence-corrected chi connectivity index (χ3v) is 2.71. The maximum absolute atomic E-state index is 13.0. The van der Waals surface area contributed by atoms with Crippen molar-refractivity contribution in [2.75, 3.05) is 0 Å². The van der Waals surface area contributed by atoms with Gasteiger partial charge in [0.25, 0.3) is 5.91 Å². The number of halogens is 1. The zero-order valence-electron chi connectivity index (χ0n) is 10.8. The number of carbonyl (C=O) groups excluding carboxylic acids is 1. The Hall–Kier alpha value is -2.69. The van der Waals surface area contributed by atoms with E-state index >= 15 is 0 Å². The third-order valence-electron chi connectivity index (χ3n) is 2.71. The average Bonchev–Trinajstić information content (AvgIpc) is 2.45. The van der Waals surface area contributed by atoms with E-state index in [2.05, 4.69) is 10.5 Å². The van der Waals surface area contributed by atoms with Gasteiger partial charge in [-0.15, -0.1) is 0 Å². The Labute approximate surface area is 115 Å². The van der Waals surface area contributed by atoms with Crippen LogP contribution in [0.1, 0.15) is 22.8 Å². The molecule has 0 aromatic heterocycles. The van der Waals surface area contributed by atoms with E-state index in [0.29, 0.717) is 11.3 Å². The minimum atomic E-state index is -0.515. The van der Waals surface area contributed by atoms with Crippen LogP contribution < -0.4 is 5.43 Å². The summed E-state index contributed by atoms with van der Waals surface area (Å²) in [6.45, 7) is 1.65. The predicted octanol–water partition coefficient (Wildman–Crippen LogP) is 2.69. The maximum Gasteiger partial charge on any atom is 0.271 e. The molecule has 0 fully saturated rings. The van der Waals surface area contributed by atoms with Gasteiger partial charge in [0.1, 0.15) is 11.6 Å². The first-order valence-electron chi connectivity index (χ1n) is 5.96. The second kappa shape index (κ2) is 5.97. The molecule has 5 heteroatoms. The summed E-state index contributed by atoms with van der Waals surface area (Å²) in [5.74, 6) is -0.924. The summed E-state index contributed by atoms with van der Waals surface area (Å²) >= 11 is 0. The second-order valence-electron chi connectivity index (χ2n) is 4.17. The lowest BCUT2D eigenvalue weighted by Crippen LogP contribution is -2.19. The van der Waals surface area contributed by atoms with E-state index in [1.165, 1.54) is 24.3 Å². The molecule has 0 radical (unpaired) electrons. The molecule has 0 bridgehead atoms. The zero-order valence-corrected chi connectivity index (χ0v) is 10.8. The van der Waals surface area contributed by atoms with Gasteiger partial charge in [0, 0.05) is 11.1 Å². The highest BCUT2D eigenvalue weighted by atomic mass is 19.1. The average molecular weight is 272 g/mol. The molecule has 4 nitrogen and oxygen atoms in total. The van der Waals surface area contributed by atoms with Gasteiger partial charge in [0.05, 0.1) is 5.71 Å². The molecule has 0 saturated carbocycles. The number of phenols is 1. The number of hydrazone groups is 1. The number of phenolic OH excluding ortho intramolecular Hbond substituents is 1. The van der Waals surface area contributed by atoms with Crippen molar-refractivity contribution in [2.24, 2.45) is 5.10 Å². The summed E-state index contributed by atoms with van der Waals surface area (Å²) in [4.78, 5) is 11.8. The molecule has 2 N–H and O–H groups in total. The third kappa shape index (κ3) is 3.20. The Bertz CT molecular complexity index is 668. The number of hydrogen-bond donors (Lipinski definition) is 2. The van der Waals surface area contributed by atoms with Gasteiger partial charge in [-0.1, -0.05) is 18.2 Å². The molecule has 0 heterocycles. The topological polar surface area (TPSA) is 61.7 Å². The zero-order chi connectivity index (χ0) is 14.5. The first-order chi connectivity index (χ1) is 9.58. The highest BCUT2D eigenvalue weighted by molar-refractivity contribution is 6.02. The number of nitrogens with zero attached hydrogens (tertiary/aromatic N) is 1. The van der Waals surface area contributed by atoms with Crippen LogP contribution in [-0.2, 0) is 0 Å². The molecule has 0 aliphatic heterocycles. The van der Waals surface area contributed by atoms with Gasteiger partial charge in [-0.3, -0.25) is 4.79 Å². The van der Waals surface area contributed by atoms with Gasteiger partial charge in [-0.25, -0.2) is 9.82 Å². The highest BCUT2D eigenvalue weighted by Crippen LogP contribution is 2.16. The molecule has 20 heavy (non-hydrogen) atoms. The predicted molar refractivity (Wildman–Crippen MR) is 74.2 cm³/mol. The van der Waals surface area contributed by atoms with Gasteiger partial charge in [-0.2, -0.15) is 5.10 Å².